The molecule has 0 bridgehead atoms. The lowest BCUT2D eigenvalue weighted by molar-refractivity contribution is 0.533. The van der Waals surface area contributed by atoms with Crippen LogP contribution in [0.4, 0.5) is 0 Å². The minimum Gasteiger partial charge on any atom is -0.450 e. The Labute approximate surface area is 71.3 Å². The van der Waals surface area contributed by atoms with Crippen molar-refractivity contribution in [2.75, 3.05) is 6.54 Å². The van der Waals surface area contributed by atoms with Crippen LogP contribution >= 0.6 is 11.6 Å². The van der Waals surface area contributed by atoms with Crippen LogP contribution in [0.2, 0.25) is 5.22 Å². The lowest BCUT2D eigenvalue weighted by Gasteiger charge is -1.92. The van der Waals surface area contributed by atoms with Gasteiger partial charge >= 0.3 is 0 Å². The van der Waals surface area contributed by atoms with Crippen LogP contribution in [0.3, 0.4) is 0 Å². The highest BCUT2D eigenvalue weighted by molar-refractivity contribution is 6.29. The summed E-state index contributed by atoms with van der Waals surface area (Å²) in [7, 11) is 0. The van der Waals surface area contributed by atoms with Crippen molar-refractivity contribution in [2.45, 2.75) is 19.8 Å². The Balaban J connectivity index is 2.62. The minimum atomic E-state index is 0.510. The molecule has 0 aliphatic rings. The van der Waals surface area contributed by atoms with E-state index < -0.39 is 0 Å². The van der Waals surface area contributed by atoms with Crippen LogP contribution in [0.5, 0.6) is 0 Å². The summed E-state index contributed by atoms with van der Waals surface area (Å²) in [5, 5.41) is 0.510. The Bertz CT molecular complexity index is 232. The van der Waals surface area contributed by atoms with Crippen LogP contribution in [-0.2, 0) is 6.42 Å². The zero-order valence-corrected chi connectivity index (χ0v) is 7.32. The van der Waals surface area contributed by atoms with Gasteiger partial charge < -0.3 is 10.2 Å². The molecule has 2 nitrogen and oxygen atoms in total. The molecule has 0 fully saturated rings. The zero-order valence-electron chi connectivity index (χ0n) is 6.56. The molecule has 0 unspecified atom stereocenters. The van der Waals surface area contributed by atoms with Gasteiger partial charge in [-0.3, -0.25) is 0 Å². The molecule has 0 amide bonds. The molecule has 0 saturated heterocycles. The molecule has 1 heterocycles. The second-order valence-corrected chi connectivity index (χ2v) is 2.89. The molecule has 0 aliphatic carbocycles. The first kappa shape index (κ1) is 8.62. The molecule has 1 rings (SSSR count). The van der Waals surface area contributed by atoms with Crippen LogP contribution in [-0.4, -0.2) is 6.54 Å². The van der Waals surface area contributed by atoms with Gasteiger partial charge in [-0.15, -0.1) is 0 Å². The lowest BCUT2D eigenvalue weighted by atomic mass is 10.2. The van der Waals surface area contributed by atoms with Crippen molar-refractivity contribution in [1.82, 2.24) is 0 Å². The number of hydrogen-bond acceptors (Lipinski definition) is 2. The first-order chi connectivity index (χ1) is 5.24. The van der Waals surface area contributed by atoms with Gasteiger partial charge in [0.15, 0.2) is 5.22 Å². The SMILES string of the molecule is Cc1cc(CCCN)c(Cl)o1. The summed E-state index contributed by atoms with van der Waals surface area (Å²) < 4.78 is 5.14. The molecule has 3 heteroatoms. The molecular formula is C8H12ClNO. The molecule has 0 spiro atoms. The zero-order chi connectivity index (χ0) is 8.27. The summed E-state index contributed by atoms with van der Waals surface area (Å²) in [6, 6.07) is 1.96. The first-order valence-electron chi connectivity index (χ1n) is 3.69. The smallest absolute Gasteiger partial charge is 0.196 e. The van der Waals surface area contributed by atoms with Crippen LogP contribution in [0.15, 0.2) is 10.5 Å². The van der Waals surface area contributed by atoms with Crippen molar-refractivity contribution in [3.63, 3.8) is 0 Å². The van der Waals surface area contributed by atoms with Gasteiger partial charge in [0, 0.05) is 5.56 Å². The van der Waals surface area contributed by atoms with Crippen LogP contribution in [0, 0.1) is 6.92 Å². The number of rotatable bonds is 3. The Morgan fingerprint density at radius 2 is 2.36 bits per heavy atom. The summed E-state index contributed by atoms with van der Waals surface area (Å²) in [6.45, 7) is 2.58. The average Bonchev–Trinajstić information content (AvgIpc) is 2.26. The number of hydrogen-bond donors (Lipinski definition) is 1. The molecular weight excluding hydrogens is 162 g/mol. The third kappa shape index (κ3) is 2.24. The molecule has 0 saturated carbocycles. The van der Waals surface area contributed by atoms with E-state index in [0.29, 0.717) is 11.8 Å². The number of nitrogens with two attached hydrogens (primary N) is 1. The molecule has 0 atom stereocenters. The molecule has 0 aromatic carbocycles. The maximum Gasteiger partial charge on any atom is 0.196 e. The van der Waals surface area contributed by atoms with Gasteiger partial charge in [0.2, 0.25) is 0 Å². The fourth-order valence-electron chi connectivity index (χ4n) is 1.00. The van der Waals surface area contributed by atoms with Crippen molar-refractivity contribution in [3.8, 4) is 0 Å². The Kier molecular flexibility index (Phi) is 2.97. The van der Waals surface area contributed by atoms with Gasteiger partial charge in [-0.2, -0.15) is 0 Å². The molecule has 62 valence electrons. The molecule has 0 radical (unpaired) electrons. The van der Waals surface area contributed by atoms with Gasteiger partial charge in [-0.25, -0.2) is 0 Å². The third-order valence-electron chi connectivity index (χ3n) is 1.53. The van der Waals surface area contributed by atoms with Crippen molar-refractivity contribution in [2.24, 2.45) is 5.73 Å². The van der Waals surface area contributed by atoms with Crippen molar-refractivity contribution >= 4 is 11.6 Å². The van der Waals surface area contributed by atoms with Crippen LogP contribution < -0.4 is 5.73 Å². The molecule has 2 N–H and O–H groups in total. The quantitative estimate of drug-likeness (QED) is 0.761. The molecule has 0 aliphatic heterocycles. The second-order valence-electron chi connectivity index (χ2n) is 2.55. The summed E-state index contributed by atoms with van der Waals surface area (Å²) in [6.07, 6.45) is 1.87. The fourth-order valence-corrected chi connectivity index (χ4v) is 1.27. The van der Waals surface area contributed by atoms with Gasteiger partial charge in [0.1, 0.15) is 5.76 Å². The van der Waals surface area contributed by atoms with Crippen molar-refractivity contribution in [1.29, 1.82) is 0 Å². The monoisotopic (exact) mass is 173 g/mol. The maximum absolute atomic E-state index is 5.77. The van der Waals surface area contributed by atoms with Gasteiger partial charge in [-0.1, -0.05) is 0 Å². The van der Waals surface area contributed by atoms with E-state index in [0.717, 1.165) is 24.2 Å². The van der Waals surface area contributed by atoms with E-state index in [9.17, 15) is 0 Å². The van der Waals surface area contributed by atoms with E-state index in [1.54, 1.807) is 0 Å². The Morgan fingerprint density at radius 3 is 2.82 bits per heavy atom. The summed E-state index contributed by atoms with van der Waals surface area (Å²) in [4.78, 5) is 0. The van der Waals surface area contributed by atoms with E-state index >= 15 is 0 Å². The lowest BCUT2D eigenvalue weighted by Crippen LogP contribution is -1.99. The van der Waals surface area contributed by atoms with Gasteiger partial charge in [0.25, 0.3) is 0 Å². The van der Waals surface area contributed by atoms with E-state index in [2.05, 4.69) is 0 Å². The fraction of sp³-hybridized carbons (Fsp3) is 0.500. The molecule has 1 aromatic rings. The minimum absolute atomic E-state index is 0.510. The third-order valence-corrected chi connectivity index (χ3v) is 1.85. The maximum atomic E-state index is 5.77. The Hall–Kier alpha value is -0.470. The standard InChI is InChI=1S/C8H12ClNO/c1-6-5-7(3-2-4-10)8(9)11-6/h5H,2-4,10H2,1H3. The van der Waals surface area contributed by atoms with E-state index in [1.807, 2.05) is 13.0 Å². The highest BCUT2D eigenvalue weighted by Gasteiger charge is 2.04. The number of aryl methyl sites for hydroxylation is 2. The van der Waals surface area contributed by atoms with Crippen LogP contribution in [0.1, 0.15) is 17.7 Å². The first-order valence-corrected chi connectivity index (χ1v) is 4.06. The normalized spacial score (nSPS) is 10.5. The molecule has 1 aromatic heterocycles. The summed E-state index contributed by atoms with van der Waals surface area (Å²) >= 11 is 5.77. The van der Waals surface area contributed by atoms with Crippen LogP contribution in [0.25, 0.3) is 0 Å². The molecule has 11 heavy (non-hydrogen) atoms. The summed E-state index contributed by atoms with van der Waals surface area (Å²) in [5.41, 5.74) is 6.42. The number of halogens is 1. The van der Waals surface area contributed by atoms with Crippen molar-refractivity contribution < 1.29 is 4.42 Å². The predicted octanol–water partition coefficient (Wildman–Crippen LogP) is 2.13. The summed E-state index contributed by atoms with van der Waals surface area (Å²) in [5.74, 6) is 0.863. The second kappa shape index (κ2) is 3.79. The topological polar surface area (TPSA) is 39.2 Å². The average molecular weight is 174 g/mol. The Morgan fingerprint density at radius 1 is 1.64 bits per heavy atom. The van der Waals surface area contributed by atoms with E-state index in [4.69, 9.17) is 21.8 Å². The highest BCUT2D eigenvalue weighted by atomic mass is 35.5. The highest BCUT2D eigenvalue weighted by Crippen LogP contribution is 2.21. The van der Waals surface area contributed by atoms with E-state index in [1.165, 1.54) is 0 Å². The van der Waals surface area contributed by atoms with Crippen molar-refractivity contribution in [3.05, 3.63) is 22.6 Å². The number of furan rings is 1. The predicted molar refractivity (Wildman–Crippen MR) is 45.8 cm³/mol. The van der Waals surface area contributed by atoms with Gasteiger partial charge in [-0.05, 0) is 44.0 Å². The largest absolute Gasteiger partial charge is 0.450 e. The van der Waals surface area contributed by atoms with Gasteiger partial charge in [0.05, 0.1) is 0 Å². The van der Waals surface area contributed by atoms with E-state index in [-0.39, 0.29) is 0 Å².